The fourth-order valence-electron chi connectivity index (χ4n) is 1.48. The van der Waals surface area contributed by atoms with Crippen LogP contribution in [0.4, 0.5) is 0 Å². The van der Waals surface area contributed by atoms with E-state index < -0.39 is 0 Å². The van der Waals surface area contributed by atoms with Crippen molar-refractivity contribution in [2.45, 2.75) is 32.6 Å². The van der Waals surface area contributed by atoms with Gasteiger partial charge in [0, 0.05) is 18.7 Å². The van der Waals surface area contributed by atoms with E-state index >= 15 is 0 Å². The van der Waals surface area contributed by atoms with E-state index in [9.17, 15) is 4.79 Å². The van der Waals surface area contributed by atoms with Crippen molar-refractivity contribution in [2.75, 3.05) is 5.88 Å². The zero-order valence-corrected chi connectivity index (χ0v) is 7.08. The van der Waals surface area contributed by atoms with Crippen molar-refractivity contribution in [1.29, 1.82) is 0 Å². The minimum absolute atomic E-state index is 0.108. The topological polar surface area (TPSA) is 17.1 Å². The highest BCUT2D eigenvalue weighted by molar-refractivity contribution is 6.18. The van der Waals surface area contributed by atoms with E-state index in [1.54, 1.807) is 0 Å². The second-order valence-electron chi connectivity index (χ2n) is 3.51. The lowest BCUT2D eigenvalue weighted by Crippen LogP contribution is -2.27. The van der Waals surface area contributed by atoms with Gasteiger partial charge in [0.1, 0.15) is 5.78 Å². The number of carbonyl (C=O) groups excluding carboxylic acids is 1. The smallest absolute Gasteiger partial charge is 0.133 e. The normalized spacial score (nSPS) is 34.4. The predicted molar refractivity (Wildman–Crippen MR) is 42.3 cm³/mol. The molecule has 58 valence electrons. The molecule has 0 heterocycles. The van der Waals surface area contributed by atoms with Gasteiger partial charge in [-0.25, -0.2) is 0 Å². The number of Topliss-reactive ketones (excluding diaryl/α,β-unsaturated/α-hetero) is 1. The van der Waals surface area contributed by atoms with Gasteiger partial charge in [0.25, 0.3) is 0 Å². The second kappa shape index (κ2) is 2.91. The van der Waals surface area contributed by atoms with Crippen LogP contribution in [0, 0.1) is 5.41 Å². The molecule has 0 bridgehead atoms. The summed E-state index contributed by atoms with van der Waals surface area (Å²) in [7, 11) is 0. The van der Waals surface area contributed by atoms with Crippen molar-refractivity contribution < 1.29 is 4.79 Å². The first-order chi connectivity index (χ1) is 4.66. The third-order valence-electron chi connectivity index (χ3n) is 2.18. The van der Waals surface area contributed by atoms with E-state index in [4.69, 9.17) is 11.6 Å². The predicted octanol–water partition coefficient (Wildman–Crippen LogP) is 2.37. The number of ketones is 1. The molecule has 1 aliphatic carbocycles. The third kappa shape index (κ3) is 1.72. The molecular weight excluding hydrogens is 148 g/mol. The Morgan fingerprint density at radius 2 is 2.40 bits per heavy atom. The van der Waals surface area contributed by atoms with Gasteiger partial charge in [0.2, 0.25) is 0 Å². The summed E-state index contributed by atoms with van der Waals surface area (Å²) in [5.41, 5.74) is 0.108. The Kier molecular flexibility index (Phi) is 2.35. The second-order valence-corrected chi connectivity index (χ2v) is 3.78. The summed E-state index contributed by atoms with van der Waals surface area (Å²) in [5.74, 6) is 1.01. The molecule has 0 amide bonds. The van der Waals surface area contributed by atoms with Crippen LogP contribution in [0.3, 0.4) is 0 Å². The standard InChI is InChI=1S/C8H13ClO/c1-8(6-9)4-2-3-7(10)5-8/h2-6H2,1H3. The molecular formula is C8H13ClO. The molecule has 1 aliphatic rings. The summed E-state index contributed by atoms with van der Waals surface area (Å²) >= 11 is 5.73. The molecule has 1 nitrogen and oxygen atoms in total. The van der Waals surface area contributed by atoms with Crippen molar-refractivity contribution >= 4 is 17.4 Å². The van der Waals surface area contributed by atoms with Crippen LogP contribution in [0.2, 0.25) is 0 Å². The molecule has 1 rings (SSSR count). The summed E-state index contributed by atoms with van der Waals surface area (Å²) in [6.45, 7) is 2.09. The van der Waals surface area contributed by atoms with E-state index in [0.29, 0.717) is 18.1 Å². The van der Waals surface area contributed by atoms with E-state index in [2.05, 4.69) is 6.92 Å². The molecule has 0 N–H and O–H groups in total. The Balaban J connectivity index is 2.53. The quantitative estimate of drug-likeness (QED) is 0.539. The van der Waals surface area contributed by atoms with Crippen molar-refractivity contribution in [1.82, 2.24) is 0 Å². The third-order valence-corrected chi connectivity index (χ3v) is 2.83. The van der Waals surface area contributed by atoms with Crippen molar-refractivity contribution in [3.05, 3.63) is 0 Å². The van der Waals surface area contributed by atoms with Crippen LogP contribution < -0.4 is 0 Å². The Bertz CT molecular complexity index is 144. The fourth-order valence-corrected chi connectivity index (χ4v) is 1.71. The number of carbonyl (C=O) groups is 1. The number of hydrogen-bond donors (Lipinski definition) is 0. The Hall–Kier alpha value is -0.0400. The zero-order chi connectivity index (χ0) is 7.61. The van der Waals surface area contributed by atoms with Crippen molar-refractivity contribution in [2.24, 2.45) is 5.41 Å². The SMILES string of the molecule is CC1(CCl)CCCC(=O)C1. The molecule has 1 atom stereocenters. The Labute approximate surface area is 66.8 Å². The van der Waals surface area contributed by atoms with Crippen LogP contribution in [0.25, 0.3) is 0 Å². The minimum atomic E-state index is 0.108. The lowest BCUT2D eigenvalue weighted by Gasteiger charge is -2.30. The van der Waals surface area contributed by atoms with Crippen LogP contribution >= 0.6 is 11.6 Å². The molecule has 1 unspecified atom stereocenters. The molecule has 0 spiro atoms. The zero-order valence-electron chi connectivity index (χ0n) is 6.32. The maximum absolute atomic E-state index is 11.0. The van der Waals surface area contributed by atoms with Crippen LogP contribution in [-0.2, 0) is 4.79 Å². The van der Waals surface area contributed by atoms with Crippen molar-refractivity contribution in [3.63, 3.8) is 0 Å². The number of hydrogen-bond acceptors (Lipinski definition) is 1. The van der Waals surface area contributed by atoms with Gasteiger partial charge in [0.05, 0.1) is 0 Å². The number of alkyl halides is 1. The molecule has 1 fully saturated rings. The molecule has 1 saturated carbocycles. The number of halogens is 1. The first kappa shape index (κ1) is 8.06. The van der Waals surface area contributed by atoms with Crippen LogP contribution in [-0.4, -0.2) is 11.7 Å². The van der Waals surface area contributed by atoms with Gasteiger partial charge in [-0.2, -0.15) is 0 Å². The van der Waals surface area contributed by atoms with Crippen LogP contribution in [0.15, 0.2) is 0 Å². The van der Waals surface area contributed by atoms with Gasteiger partial charge in [-0.1, -0.05) is 6.92 Å². The molecule has 0 saturated heterocycles. The maximum atomic E-state index is 11.0. The van der Waals surface area contributed by atoms with Gasteiger partial charge < -0.3 is 0 Å². The maximum Gasteiger partial charge on any atom is 0.133 e. The van der Waals surface area contributed by atoms with Crippen LogP contribution in [0.5, 0.6) is 0 Å². The lowest BCUT2D eigenvalue weighted by atomic mass is 9.77. The first-order valence-corrected chi connectivity index (χ1v) is 4.27. The summed E-state index contributed by atoms with van der Waals surface area (Å²) < 4.78 is 0. The fraction of sp³-hybridized carbons (Fsp3) is 0.875. The summed E-state index contributed by atoms with van der Waals surface area (Å²) in [4.78, 5) is 11.0. The van der Waals surface area contributed by atoms with Gasteiger partial charge in [0.15, 0.2) is 0 Å². The first-order valence-electron chi connectivity index (χ1n) is 3.74. The summed E-state index contributed by atoms with van der Waals surface area (Å²) in [6.07, 6.45) is 3.60. The largest absolute Gasteiger partial charge is 0.300 e. The average molecular weight is 161 g/mol. The summed E-state index contributed by atoms with van der Waals surface area (Å²) in [6, 6.07) is 0. The van der Waals surface area contributed by atoms with Gasteiger partial charge in [-0.05, 0) is 18.3 Å². The monoisotopic (exact) mass is 160 g/mol. The van der Waals surface area contributed by atoms with Gasteiger partial charge in [-0.15, -0.1) is 11.6 Å². The van der Waals surface area contributed by atoms with Crippen molar-refractivity contribution in [3.8, 4) is 0 Å². The molecule has 0 radical (unpaired) electrons. The lowest BCUT2D eigenvalue weighted by molar-refractivity contribution is -0.122. The van der Waals surface area contributed by atoms with E-state index in [1.165, 1.54) is 0 Å². The highest BCUT2D eigenvalue weighted by Gasteiger charge is 2.29. The van der Waals surface area contributed by atoms with E-state index in [1.807, 2.05) is 0 Å². The highest BCUT2D eigenvalue weighted by Crippen LogP contribution is 2.34. The van der Waals surface area contributed by atoms with Gasteiger partial charge >= 0.3 is 0 Å². The molecule has 0 aromatic rings. The molecule has 2 heteroatoms. The average Bonchev–Trinajstić information content (AvgIpc) is 1.88. The summed E-state index contributed by atoms with van der Waals surface area (Å²) in [5, 5.41) is 0. The Morgan fingerprint density at radius 3 is 2.80 bits per heavy atom. The van der Waals surface area contributed by atoms with Crippen LogP contribution in [0.1, 0.15) is 32.6 Å². The minimum Gasteiger partial charge on any atom is -0.300 e. The van der Waals surface area contributed by atoms with Gasteiger partial charge in [-0.3, -0.25) is 4.79 Å². The number of rotatable bonds is 1. The molecule has 0 aliphatic heterocycles. The highest BCUT2D eigenvalue weighted by atomic mass is 35.5. The molecule has 10 heavy (non-hydrogen) atoms. The van der Waals surface area contributed by atoms with E-state index in [0.717, 1.165) is 19.3 Å². The molecule has 0 aromatic carbocycles. The Morgan fingerprint density at radius 1 is 1.70 bits per heavy atom. The van der Waals surface area contributed by atoms with E-state index in [-0.39, 0.29) is 5.41 Å². The molecule has 0 aromatic heterocycles.